The minimum absolute atomic E-state index is 0. The lowest BCUT2D eigenvalue weighted by Crippen LogP contribution is -2.37. The number of rotatable bonds is 4. The summed E-state index contributed by atoms with van der Waals surface area (Å²) in [6.07, 6.45) is 1.20. The highest BCUT2D eigenvalue weighted by molar-refractivity contribution is 5.85. The fourth-order valence-corrected chi connectivity index (χ4v) is 3.25. The average molecular weight is 310 g/mol. The van der Waals surface area contributed by atoms with Crippen LogP contribution in [0.2, 0.25) is 0 Å². The first-order valence-electron chi connectivity index (χ1n) is 7.39. The summed E-state index contributed by atoms with van der Waals surface area (Å²) in [7, 11) is 0. The first-order chi connectivity index (χ1) is 9.65. The van der Waals surface area contributed by atoms with Gasteiger partial charge < -0.3 is 10.2 Å². The standard InChI is InChI=1S/C16H23N3O.ClH/c1-16(7-8-17-11-16)12-18-10-15(20)19(13-18)9-14-5-3-2-4-6-14;/h2-6,17H,7-13H2,1H3;1H. The number of nitrogens with zero attached hydrogens (tertiary/aromatic N) is 2. The minimum atomic E-state index is 0. The van der Waals surface area contributed by atoms with E-state index in [2.05, 4.69) is 29.3 Å². The molecule has 21 heavy (non-hydrogen) atoms. The average Bonchev–Trinajstić information content (AvgIpc) is 2.98. The molecule has 0 spiro atoms. The molecule has 2 fully saturated rings. The predicted octanol–water partition coefficient (Wildman–Crippen LogP) is 1.71. The maximum atomic E-state index is 12.1. The third-order valence-corrected chi connectivity index (χ3v) is 4.36. The Bertz CT molecular complexity index is 474. The summed E-state index contributed by atoms with van der Waals surface area (Å²) in [5.74, 6) is 0.253. The van der Waals surface area contributed by atoms with Gasteiger partial charge in [0.15, 0.2) is 0 Å². The number of nitrogens with one attached hydrogen (secondary N) is 1. The number of hydrogen-bond donors (Lipinski definition) is 1. The van der Waals surface area contributed by atoms with E-state index in [1.54, 1.807) is 0 Å². The molecule has 1 N–H and O–H groups in total. The first kappa shape index (κ1) is 16.3. The summed E-state index contributed by atoms with van der Waals surface area (Å²) in [5, 5.41) is 3.42. The molecule has 2 aliphatic heterocycles. The summed E-state index contributed by atoms with van der Waals surface area (Å²) in [5.41, 5.74) is 1.53. The Morgan fingerprint density at radius 2 is 2.05 bits per heavy atom. The molecular weight excluding hydrogens is 286 g/mol. The van der Waals surface area contributed by atoms with Crippen LogP contribution in [-0.2, 0) is 11.3 Å². The molecule has 2 aliphatic rings. The Labute approximate surface area is 132 Å². The fraction of sp³-hybridized carbons (Fsp3) is 0.562. The van der Waals surface area contributed by atoms with Gasteiger partial charge in [-0.2, -0.15) is 0 Å². The van der Waals surface area contributed by atoms with Crippen LogP contribution in [0.3, 0.4) is 0 Å². The van der Waals surface area contributed by atoms with Crippen molar-refractivity contribution in [1.29, 1.82) is 0 Å². The Balaban J connectivity index is 0.00000161. The van der Waals surface area contributed by atoms with Crippen molar-refractivity contribution in [1.82, 2.24) is 15.1 Å². The molecule has 0 radical (unpaired) electrons. The summed E-state index contributed by atoms with van der Waals surface area (Å²) in [6.45, 7) is 7.56. The smallest absolute Gasteiger partial charge is 0.238 e. The van der Waals surface area contributed by atoms with E-state index in [-0.39, 0.29) is 18.3 Å². The Morgan fingerprint density at radius 1 is 1.29 bits per heavy atom. The van der Waals surface area contributed by atoms with E-state index >= 15 is 0 Å². The molecule has 1 aromatic rings. The third-order valence-electron chi connectivity index (χ3n) is 4.36. The zero-order valence-corrected chi connectivity index (χ0v) is 13.4. The quantitative estimate of drug-likeness (QED) is 0.920. The molecule has 0 aliphatic carbocycles. The van der Waals surface area contributed by atoms with Gasteiger partial charge in [-0.1, -0.05) is 37.3 Å². The summed E-state index contributed by atoms with van der Waals surface area (Å²) in [6, 6.07) is 10.2. The minimum Gasteiger partial charge on any atom is -0.324 e. The lowest BCUT2D eigenvalue weighted by Gasteiger charge is -2.28. The molecule has 1 aromatic carbocycles. The van der Waals surface area contributed by atoms with Crippen molar-refractivity contribution in [2.45, 2.75) is 19.9 Å². The van der Waals surface area contributed by atoms with Gasteiger partial charge in [-0.15, -0.1) is 12.4 Å². The predicted molar refractivity (Wildman–Crippen MR) is 86.3 cm³/mol. The van der Waals surface area contributed by atoms with Crippen molar-refractivity contribution >= 4 is 18.3 Å². The van der Waals surface area contributed by atoms with E-state index in [0.29, 0.717) is 12.0 Å². The van der Waals surface area contributed by atoms with Gasteiger partial charge in [0.25, 0.3) is 0 Å². The second-order valence-electron chi connectivity index (χ2n) is 6.44. The van der Waals surface area contributed by atoms with E-state index in [9.17, 15) is 4.79 Å². The zero-order chi connectivity index (χ0) is 14.0. The van der Waals surface area contributed by atoms with Gasteiger partial charge in [0.2, 0.25) is 5.91 Å². The van der Waals surface area contributed by atoms with Gasteiger partial charge in [0.05, 0.1) is 13.2 Å². The maximum absolute atomic E-state index is 12.1. The normalized spacial score (nSPS) is 26.1. The Morgan fingerprint density at radius 3 is 2.71 bits per heavy atom. The van der Waals surface area contributed by atoms with E-state index in [1.807, 2.05) is 23.1 Å². The molecule has 1 unspecified atom stereocenters. The Hall–Kier alpha value is -1.10. The molecule has 0 bridgehead atoms. The summed E-state index contributed by atoms with van der Waals surface area (Å²) < 4.78 is 0. The highest BCUT2D eigenvalue weighted by atomic mass is 35.5. The van der Waals surface area contributed by atoms with Crippen molar-refractivity contribution < 1.29 is 4.79 Å². The monoisotopic (exact) mass is 309 g/mol. The molecule has 5 heteroatoms. The largest absolute Gasteiger partial charge is 0.324 e. The molecular formula is C16H24ClN3O. The molecule has 0 saturated carbocycles. The van der Waals surface area contributed by atoms with Gasteiger partial charge in [0, 0.05) is 19.6 Å². The van der Waals surface area contributed by atoms with Crippen LogP contribution in [-0.4, -0.2) is 48.6 Å². The molecule has 3 rings (SSSR count). The second kappa shape index (κ2) is 6.77. The molecule has 116 valence electrons. The highest BCUT2D eigenvalue weighted by Gasteiger charge is 2.35. The van der Waals surface area contributed by atoms with Crippen molar-refractivity contribution in [3.8, 4) is 0 Å². The van der Waals surface area contributed by atoms with Gasteiger partial charge in [-0.05, 0) is 23.9 Å². The van der Waals surface area contributed by atoms with E-state index in [1.165, 1.54) is 12.0 Å². The lowest BCUT2D eigenvalue weighted by molar-refractivity contribution is -0.127. The number of benzene rings is 1. The van der Waals surface area contributed by atoms with Crippen LogP contribution in [0.5, 0.6) is 0 Å². The first-order valence-corrected chi connectivity index (χ1v) is 7.39. The van der Waals surface area contributed by atoms with Crippen LogP contribution in [0.4, 0.5) is 0 Å². The summed E-state index contributed by atoms with van der Waals surface area (Å²) in [4.78, 5) is 16.4. The summed E-state index contributed by atoms with van der Waals surface area (Å²) >= 11 is 0. The molecule has 4 nitrogen and oxygen atoms in total. The van der Waals surface area contributed by atoms with Gasteiger partial charge in [-0.25, -0.2) is 0 Å². The van der Waals surface area contributed by atoms with Gasteiger partial charge >= 0.3 is 0 Å². The molecule has 1 amide bonds. The van der Waals surface area contributed by atoms with Crippen molar-refractivity contribution in [3.05, 3.63) is 35.9 Å². The number of amides is 1. The molecule has 0 aromatic heterocycles. The van der Waals surface area contributed by atoms with Crippen LogP contribution in [0, 0.1) is 5.41 Å². The Kier molecular flexibility index (Phi) is 5.25. The van der Waals surface area contributed by atoms with Crippen LogP contribution in [0.25, 0.3) is 0 Å². The van der Waals surface area contributed by atoms with Gasteiger partial charge in [0.1, 0.15) is 0 Å². The van der Waals surface area contributed by atoms with Crippen LogP contribution < -0.4 is 5.32 Å². The van der Waals surface area contributed by atoms with E-state index in [4.69, 9.17) is 0 Å². The maximum Gasteiger partial charge on any atom is 0.238 e. The fourth-order valence-electron chi connectivity index (χ4n) is 3.25. The number of halogens is 1. The number of carbonyl (C=O) groups is 1. The molecule has 1 atom stereocenters. The van der Waals surface area contributed by atoms with Crippen LogP contribution in [0.1, 0.15) is 18.9 Å². The van der Waals surface area contributed by atoms with Gasteiger partial charge in [-0.3, -0.25) is 9.69 Å². The second-order valence-corrected chi connectivity index (χ2v) is 6.44. The lowest BCUT2D eigenvalue weighted by atomic mass is 9.89. The van der Waals surface area contributed by atoms with Crippen molar-refractivity contribution in [3.63, 3.8) is 0 Å². The number of hydrogen-bond acceptors (Lipinski definition) is 3. The highest BCUT2D eigenvalue weighted by Crippen LogP contribution is 2.27. The zero-order valence-electron chi connectivity index (χ0n) is 12.5. The SMILES string of the molecule is CC1(CN2CC(=O)N(Cc3ccccc3)C2)CCNC1.Cl. The third kappa shape index (κ3) is 3.96. The molecule has 2 saturated heterocycles. The van der Waals surface area contributed by atoms with Crippen molar-refractivity contribution in [2.24, 2.45) is 5.41 Å². The number of carbonyl (C=O) groups excluding carboxylic acids is 1. The van der Waals surface area contributed by atoms with Crippen molar-refractivity contribution in [2.75, 3.05) is 32.8 Å². The van der Waals surface area contributed by atoms with E-state index in [0.717, 1.165) is 32.8 Å². The topological polar surface area (TPSA) is 35.6 Å². The van der Waals surface area contributed by atoms with Crippen LogP contribution >= 0.6 is 12.4 Å². The molecule has 2 heterocycles. The van der Waals surface area contributed by atoms with Crippen LogP contribution in [0.15, 0.2) is 30.3 Å². The van der Waals surface area contributed by atoms with E-state index < -0.39 is 0 Å².